The maximum absolute atomic E-state index is 11.6. The topological polar surface area (TPSA) is 99.9 Å². The summed E-state index contributed by atoms with van der Waals surface area (Å²) in [7, 11) is 0. The van der Waals surface area contributed by atoms with Crippen molar-refractivity contribution >= 4 is 17.5 Å². The van der Waals surface area contributed by atoms with Gasteiger partial charge in [-0.1, -0.05) is 0 Å². The van der Waals surface area contributed by atoms with Gasteiger partial charge in [0.1, 0.15) is 11.3 Å². The molecule has 0 bridgehead atoms. The molecular formula is C13H14N4O3. The Morgan fingerprint density at radius 3 is 2.95 bits per heavy atom. The fourth-order valence-electron chi connectivity index (χ4n) is 1.57. The number of aromatic hydroxyl groups is 1. The van der Waals surface area contributed by atoms with Gasteiger partial charge in [-0.2, -0.15) is 5.10 Å². The first-order valence-electron chi connectivity index (χ1n) is 6.03. The lowest BCUT2D eigenvalue weighted by Gasteiger charge is -2.00. The number of hydrogen-bond acceptors (Lipinski definition) is 6. The van der Waals surface area contributed by atoms with Crippen molar-refractivity contribution in [2.45, 2.75) is 13.8 Å². The van der Waals surface area contributed by atoms with E-state index in [2.05, 4.69) is 20.4 Å². The van der Waals surface area contributed by atoms with Crippen molar-refractivity contribution in [1.29, 1.82) is 0 Å². The first-order valence-corrected chi connectivity index (χ1v) is 6.03. The number of benzene rings is 1. The predicted octanol–water partition coefficient (Wildman–Crippen LogP) is 3.02. The standard InChI is InChI=1S/C13H14N4O3/c1-3-20-13(19)10-7-14-16-12(10)17-15-11-5-4-9(18)6-8(11)2/h4-7,18H,3H2,1-2H3,(H,14,16). The van der Waals surface area contributed by atoms with Crippen LogP contribution in [0.3, 0.4) is 0 Å². The predicted molar refractivity (Wildman–Crippen MR) is 71.6 cm³/mol. The highest BCUT2D eigenvalue weighted by Crippen LogP contribution is 2.25. The van der Waals surface area contributed by atoms with E-state index in [1.165, 1.54) is 12.3 Å². The smallest absolute Gasteiger partial charge is 0.343 e. The average molecular weight is 274 g/mol. The third-order valence-corrected chi connectivity index (χ3v) is 2.55. The number of nitrogens with zero attached hydrogens (tertiary/aromatic N) is 3. The van der Waals surface area contributed by atoms with E-state index >= 15 is 0 Å². The minimum atomic E-state index is -0.502. The molecule has 2 rings (SSSR count). The lowest BCUT2D eigenvalue weighted by molar-refractivity contribution is 0.0527. The lowest BCUT2D eigenvalue weighted by atomic mass is 10.2. The van der Waals surface area contributed by atoms with Gasteiger partial charge < -0.3 is 9.84 Å². The number of nitrogens with one attached hydrogen (secondary N) is 1. The summed E-state index contributed by atoms with van der Waals surface area (Å²) in [5, 5.41) is 23.6. The van der Waals surface area contributed by atoms with Gasteiger partial charge in [-0.25, -0.2) is 4.79 Å². The molecule has 7 heteroatoms. The van der Waals surface area contributed by atoms with Crippen molar-refractivity contribution < 1.29 is 14.6 Å². The maximum Gasteiger partial charge on any atom is 0.343 e. The van der Waals surface area contributed by atoms with Crippen LogP contribution in [0.5, 0.6) is 5.75 Å². The van der Waals surface area contributed by atoms with Crippen LogP contribution in [-0.4, -0.2) is 27.9 Å². The Hall–Kier alpha value is -2.70. The van der Waals surface area contributed by atoms with Gasteiger partial charge in [0.25, 0.3) is 0 Å². The van der Waals surface area contributed by atoms with Gasteiger partial charge in [0, 0.05) is 0 Å². The molecule has 0 unspecified atom stereocenters. The summed E-state index contributed by atoms with van der Waals surface area (Å²) in [6.07, 6.45) is 1.34. The van der Waals surface area contributed by atoms with Crippen LogP contribution >= 0.6 is 0 Å². The number of carbonyl (C=O) groups is 1. The number of phenolic OH excluding ortho intramolecular Hbond substituents is 1. The van der Waals surface area contributed by atoms with Crippen LogP contribution in [0, 0.1) is 6.92 Å². The van der Waals surface area contributed by atoms with Crippen molar-refractivity contribution in [2.24, 2.45) is 10.2 Å². The normalized spacial score (nSPS) is 10.9. The Labute approximate surface area is 115 Å². The molecule has 1 aromatic carbocycles. The second kappa shape index (κ2) is 5.96. The molecule has 0 saturated carbocycles. The highest BCUT2D eigenvalue weighted by atomic mass is 16.5. The number of azo groups is 1. The van der Waals surface area contributed by atoms with Crippen molar-refractivity contribution in [2.75, 3.05) is 6.61 Å². The number of aryl methyl sites for hydroxylation is 1. The molecule has 0 aliphatic heterocycles. The summed E-state index contributed by atoms with van der Waals surface area (Å²) in [4.78, 5) is 11.6. The highest BCUT2D eigenvalue weighted by Gasteiger charge is 2.14. The Balaban J connectivity index is 2.24. The minimum Gasteiger partial charge on any atom is -0.508 e. The third kappa shape index (κ3) is 3.00. The van der Waals surface area contributed by atoms with Crippen LogP contribution in [0.2, 0.25) is 0 Å². The molecule has 1 aromatic heterocycles. The first-order chi connectivity index (χ1) is 9.61. The van der Waals surface area contributed by atoms with Crippen LogP contribution in [0.15, 0.2) is 34.6 Å². The molecule has 2 aromatic rings. The van der Waals surface area contributed by atoms with E-state index in [4.69, 9.17) is 4.74 Å². The van der Waals surface area contributed by atoms with E-state index in [1.54, 1.807) is 26.0 Å². The first kappa shape index (κ1) is 13.7. The van der Waals surface area contributed by atoms with E-state index in [9.17, 15) is 9.90 Å². The zero-order chi connectivity index (χ0) is 14.5. The summed E-state index contributed by atoms with van der Waals surface area (Å²) < 4.78 is 4.88. The Kier molecular flexibility index (Phi) is 4.09. The summed E-state index contributed by atoms with van der Waals surface area (Å²) >= 11 is 0. The number of esters is 1. The summed E-state index contributed by atoms with van der Waals surface area (Å²) in [5.41, 5.74) is 1.59. The monoisotopic (exact) mass is 274 g/mol. The van der Waals surface area contributed by atoms with Crippen LogP contribution in [0.25, 0.3) is 0 Å². The second-order valence-electron chi connectivity index (χ2n) is 4.02. The fraction of sp³-hybridized carbons (Fsp3) is 0.231. The molecule has 0 saturated heterocycles. The quantitative estimate of drug-likeness (QED) is 0.661. The largest absolute Gasteiger partial charge is 0.508 e. The van der Waals surface area contributed by atoms with Crippen LogP contribution in [0.4, 0.5) is 11.5 Å². The van der Waals surface area contributed by atoms with E-state index in [1.807, 2.05) is 0 Å². The molecule has 104 valence electrons. The second-order valence-corrected chi connectivity index (χ2v) is 4.02. The summed E-state index contributed by atoms with van der Waals surface area (Å²) in [6, 6.07) is 4.72. The van der Waals surface area contributed by atoms with Crippen molar-refractivity contribution in [3.05, 3.63) is 35.5 Å². The lowest BCUT2D eigenvalue weighted by Crippen LogP contribution is -2.03. The van der Waals surface area contributed by atoms with Gasteiger partial charge in [-0.3, -0.25) is 5.10 Å². The zero-order valence-electron chi connectivity index (χ0n) is 11.1. The minimum absolute atomic E-state index is 0.162. The van der Waals surface area contributed by atoms with Gasteiger partial charge in [-0.15, -0.1) is 10.2 Å². The van der Waals surface area contributed by atoms with Crippen LogP contribution in [0.1, 0.15) is 22.8 Å². The molecule has 0 spiro atoms. The van der Waals surface area contributed by atoms with E-state index in [0.717, 1.165) is 5.56 Å². The molecule has 0 aliphatic rings. The number of H-pyrrole nitrogens is 1. The molecule has 1 heterocycles. The SMILES string of the molecule is CCOC(=O)c1cn[nH]c1N=Nc1ccc(O)cc1C. The van der Waals surface area contributed by atoms with E-state index < -0.39 is 5.97 Å². The number of ether oxygens (including phenoxy) is 1. The Bertz CT molecular complexity index is 649. The van der Waals surface area contributed by atoms with Gasteiger partial charge >= 0.3 is 5.97 Å². The van der Waals surface area contributed by atoms with E-state index in [-0.39, 0.29) is 23.7 Å². The zero-order valence-corrected chi connectivity index (χ0v) is 11.1. The van der Waals surface area contributed by atoms with Gasteiger partial charge in [0.05, 0.1) is 18.5 Å². The van der Waals surface area contributed by atoms with Crippen molar-refractivity contribution in [3.63, 3.8) is 0 Å². The van der Waals surface area contributed by atoms with Crippen molar-refractivity contribution in [1.82, 2.24) is 10.2 Å². The number of rotatable bonds is 4. The van der Waals surface area contributed by atoms with Gasteiger partial charge in [0.15, 0.2) is 5.82 Å². The fourth-order valence-corrected chi connectivity index (χ4v) is 1.57. The number of phenols is 1. The molecule has 20 heavy (non-hydrogen) atoms. The third-order valence-electron chi connectivity index (χ3n) is 2.55. The molecule has 2 N–H and O–H groups in total. The number of carbonyl (C=O) groups excluding carboxylic acids is 1. The molecule has 0 radical (unpaired) electrons. The Morgan fingerprint density at radius 2 is 2.25 bits per heavy atom. The van der Waals surface area contributed by atoms with Crippen LogP contribution < -0.4 is 0 Å². The molecule has 0 fully saturated rings. The molecular weight excluding hydrogens is 260 g/mol. The van der Waals surface area contributed by atoms with Crippen LogP contribution in [-0.2, 0) is 4.74 Å². The van der Waals surface area contributed by atoms with Gasteiger partial charge in [0.2, 0.25) is 0 Å². The summed E-state index contributed by atoms with van der Waals surface area (Å²) in [5.74, 6) is -0.108. The summed E-state index contributed by atoms with van der Waals surface area (Å²) in [6.45, 7) is 3.80. The maximum atomic E-state index is 11.6. The highest BCUT2D eigenvalue weighted by molar-refractivity contribution is 5.93. The molecule has 0 atom stereocenters. The molecule has 0 amide bonds. The Morgan fingerprint density at radius 1 is 1.45 bits per heavy atom. The van der Waals surface area contributed by atoms with E-state index in [0.29, 0.717) is 5.69 Å². The number of aromatic nitrogens is 2. The van der Waals surface area contributed by atoms with Gasteiger partial charge in [-0.05, 0) is 37.6 Å². The molecule has 7 nitrogen and oxygen atoms in total. The number of hydrogen-bond donors (Lipinski definition) is 2. The average Bonchev–Trinajstić information content (AvgIpc) is 2.86. The molecule has 0 aliphatic carbocycles. The number of aromatic amines is 1. The van der Waals surface area contributed by atoms with Crippen molar-refractivity contribution in [3.8, 4) is 5.75 Å².